The first-order valence-corrected chi connectivity index (χ1v) is 5.78. The number of aliphatic carboxylic acids is 1. The van der Waals surface area contributed by atoms with Crippen LogP contribution in [0.3, 0.4) is 0 Å². The van der Waals surface area contributed by atoms with E-state index in [1.165, 1.54) is 0 Å². The average molecular weight is 255 g/mol. The van der Waals surface area contributed by atoms with E-state index >= 15 is 0 Å². The summed E-state index contributed by atoms with van der Waals surface area (Å²) in [6.07, 6.45) is 0.357. The van der Waals surface area contributed by atoms with Gasteiger partial charge in [0.15, 0.2) is 0 Å². The van der Waals surface area contributed by atoms with E-state index in [4.69, 9.17) is 5.11 Å². The van der Waals surface area contributed by atoms with Gasteiger partial charge in [0.1, 0.15) is 5.71 Å². The molecule has 1 aliphatic heterocycles. The van der Waals surface area contributed by atoms with Crippen LogP contribution in [-0.2, 0) is 14.4 Å². The van der Waals surface area contributed by atoms with Crippen molar-refractivity contribution in [1.29, 1.82) is 0 Å². The zero-order valence-corrected chi connectivity index (χ0v) is 10.4. The second kappa shape index (κ2) is 6.13. The summed E-state index contributed by atoms with van der Waals surface area (Å²) in [5.74, 6) is -1.61. The van der Waals surface area contributed by atoms with Crippen molar-refractivity contribution in [3.8, 4) is 0 Å². The first-order chi connectivity index (χ1) is 8.40. The Kier molecular flexibility index (Phi) is 4.82. The lowest BCUT2D eigenvalue weighted by Gasteiger charge is -2.21. The average Bonchev–Trinajstić information content (AvgIpc) is 2.28. The molecular formula is C11H17N3O4. The maximum atomic E-state index is 11.8. The summed E-state index contributed by atoms with van der Waals surface area (Å²) in [4.78, 5) is 33.4. The second-order valence-corrected chi connectivity index (χ2v) is 4.52. The molecule has 1 aliphatic rings. The Morgan fingerprint density at radius 2 is 2.11 bits per heavy atom. The maximum absolute atomic E-state index is 11.8. The van der Waals surface area contributed by atoms with Crippen LogP contribution in [0.4, 0.5) is 0 Å². The summed E-state index contributed by atoms with van der Waals surface area (Å²) in [6.45, 7) is 3.66. The Hall–Kier alpha value is -1.92. The van der Waals surface area contributed by atoms with Crippen molar-refractivity contribution in [3.05, 3.63) is 0 Å². The van der Waals surface area contributed by atoms with Crippen molar-refractivity contribution in [2.75, 3.05) is 0 Å². The standard InChI is InChI=1S/C11H17N3O4/c1-6(2)8(5-10(16)17)12-11(18)7-3-4-9(15)14-13-7/h6,8H,3-5H2,1-2H3,(H,12,18)(H,14,15)(H,16,17). The molecule has 7 heteroatoms. The summed E-state index contributed by atoms with van der Waals surface area (Å²) >= 11 is 0. The largest absolute Gasteiger partial charge is 0.481 e. The molecule has 0 aromatic heterocycles. The number of nitrogens with one attached hydrogen (secondary N) is 2. The topological polar surface area (TPSA) is 108 Å². The molecule has 18 heavy (non-hydrogen) atoms. The number of carbonyl (C=O) groups excluding carboxylic acids is 2. The van der Waals surface area contributed by atoms with Crippen LogP contribution in [-0.4, -0.2) is 34.6 Å². The van der Waals surface area contributed by atoms with Crippen LogP contribution in [0.2, 0.25) is 0 Å². The molecule has 2 amide bonds. The van der Waals surface area contributed by atoms with Crippen molar-refractivity contribution in [2.24, 2.45) is 11.0 Å². The molecule has 0 aromatic rings. The Labute approximate surface area is 105 Å². The highest BCUT2D eigenvalue weighted by molar-refractivity contribution is 6.39. The lowest BCUT2D eigenvalue weighted by Crippen LogP contribution is -2.45. The van der Waals surface area contributed by atoms with E-state index < -0.39 is 17.9 Å². The molecule has 0 radical (unpaired) electrons. The monoisotopic (exact) mass is 255 g/mol. The second-order valence-electron chi connectivity index (χ2n) is 4.52. The molecule has 0 aromatic carbocycles. The van der Waals surface area contributed by atoms with Gasteiger partial charge in [0.25, 0.3) is 5.91 Å². The van der Waals surface area contributed by atoms with Crippen molar-refractivity contribution >= 4 is 23.5 Å². The summed E-state index contributed by atoms with van der Waals surface area (Å²) in [5.41, 5.74) is 2.46. The van der Waals surface area contributed by atoms with Crippen LogP contribution in [0.25, 0.3) is 0 Å². The third-order valence-electron chi connectivity index (χ3n) is 2.68. The summed E-state index contributed by atoms with van der Waals surface area (Å²) in [7, 11) is 0. The van der Waals surface area contributed by atoms with Crippen LogP contribution in [0.1, 0.15) is 33.1 Å². The Bertz CT molecular complexity index is 390. The molecule has 7 nitrogen and oxygen atoms in total. The molecule has 0 saturated carbocycles. The number of nitrogens with zero attached hydrogens (tertiary/aromatic N) is 1. The lowest BCUT2D eigenvalue weighted by atomic mass is 10.0. The van der Waals surface area contributed by atoms with Gasteiger partial charge in [-0.15, -0.1) is 0 Å². The minimum atomic E-state index is -0.965. The number of carboxylic acids is 1. The van der Waals surface area contributed by atoms with Crippen molar-refractivity contribution in [2.45, 2.75) is 39.2 Å². The fourth-order valence-electron chi connectivity index (χ4n) is 1.53. The van der Waals surface area contributed by atoms with Gasteiger partial charge in [0, 0.05) is 18.9 Å². The molecule has 0 aliphatic carbocycles. The van der Waals surface area contributed by atoms with Gasteiger partial charge >= 0.3 is 5.97 Å². The minimum absolute atomic E-state index is 0.00355. The highest BCUT2D eigenvalue weighted by Crippen LogP contribution is 2.07. The molecule has 1 heterocycles. The predicted molar refractivity (Wildman–Crippen MR) is 63.8 cm³/mol. The van der Waals surface area contributed by atoms with Crippen molar-refractivity contribution in [3.63, 3.8) is 0 Å². The normalized spacial score (nSPS) is 16.8. The summed E-state index contributed by atoms with van der Waals surface area (Å²) in [6, 6.07) is -0.449. The molecule has 1 atom stereocenters. The lowest BCUT2D eigenvalue weighted by molar-refractivity contribution is -0.138. The summed E-state index contributed by atoms with van der Waals surface area (Å²) < 4.78 is 0. The van der Waals surface area contributed by atoms with Crippen LogP contribution in [0.5, 0.6) is 0 Å². The van der Waals surface area contributed by atoms with Gasteiger partial charge in [-0.05, 0) is 5.92 Å². The van der Waals surface area contributed by atoms with Gasteiger partial charge in [0.05, 0.1) is 6.42 Å². The van der Waals surface area contributed by atoms with E-state index in [1.54, 1.807) is 0 Å². The number of carboxylic acid groups (broad SMARTS) is 1. The fraction of sp³-hybridized carbons (Fsp3) is 0.636. The van der Waals surface area contributed by atoms with Gasteiger partial charge in [-0.3, -0.25) is 14.4 Å². The SMILES string of the molecule is CC(C)C(CC(=O)O)NC(=O)C1=NNC(=O)CC1. The Balaban J connectivity index is 2.61. The first-order valence-electron chi connectivity index (χ1n) is 5.78. The van der Waals surface area contributed by atoms with Crippen LogP contribution in [0.15, 0.2) is 5.10 Å². The quantitative estimate of drug-likeness (QED) is 0.635. The fourth-order valence-corrected chi connectivity index (χ4v) is 1.53. The Morgan fingerprint density at radius 3 is 2.56 bits per heavy atom. The van der Waals surface area contributed by atoms with Gasteiger partial charge in [-0.2, -0.15) is 5.10 Å². The maximum Gasteiger partial charge on any atom is 0.305 e. The molecule has 100 valence electrons. The van der Waals surface area contributed by atoms with Crippen LogP contribution >= 0.6 is 0 Å². The molecule has 1 rings (SSSR count). The third-order valence-corrected chi connectivity index (χ3v) is 2.68. The van der Waals surface area contributed by atoms with Gasteiger partial charge in [0.2, 0.25) is 5.91 Å². The molecule has 0 saturated heterocycles. The number of hydrogen-bond acceptors (Lipinski definition) is 4. The smallest absolute Gasteiger partial charge is 0.305 e. The minimum Gasteiger partial charge on any atom is -0.481 e. The number of hydrazone groups is 1. The van der Waals surface area contributed by atoms with E-state index in [2.05, 4.69) is 15.8 Å². The molecular weight excluding hydrogens is 238 g/mol. The molecule has 0 spiro atoms. The Morgan fingerprint density at radius 1 is 1.44 bits per heavy atom. The van der Waals surface area contributed by atoms with E-state index in [0.29, 0.717) is 0 Å². The predicted octanol–water partition coefficient (Wildman–Crippen LogP) is -0.132. The van der Waals surface area contributed by atoms with Gasteiger partial charge < -0.3 is 10.4 Å². The molecule has 0 bridgehead atoms. The van der Waals surface area contributed by atoms with Crippen LogP contribution in [0, 0.1) is 5.92 Å². The van der Waals surface area contributed by atoms with Crippen molar-refractivity contribution in [1.82, 2.24) is 10.7 Å². The third kappa shape index (κ3) is 4.15. The van der Waals surface area contributed by atoms with Crippen LogP contribution < -0.4 is 10.7 Å². The highest BCUT2D eigenvalue weighted by atomic mass is 16.4. The number of amides is 2. The number of carbonyl (C=O) groups is 3. The van der Waals surface area contributed by atoms with E-state index in [0.717, 1.165) is 0 Å². The van der Waals surface area contributed by atoms with E-state index in [-0.39, 0.29) is 36.8 Å². The molecule has 0 fully saturated rings. The highest BCUT2D eigenvalue weighted by Gasteiger charge is 2.24. The molecule has 1 unspecified atom stereocenters. The summed E-state index contributed by atoms with van der Waals surface area (Å²) in [5, 5.41) is 15.0. The van der Waals surface area contributed by atoms with E-state index in [1.807, 2.05) is 13.8 Å². The van der Waals surface area contributed by atoms with Gasteiger partial charge in [-0.1, -0.05) is 13.8 Å². The number of hydrogen-bond donors (Lipinski definition) is 3. The first kappa shape index (κ1) is 14.1. The zero-order valence-electron chi connectivity index (χ0n) is 10.4. The van der Waals surface area contributed by atoms with Crippen molar-refractivity contribution < 1.29 is 19.5 Å². The zero-order chi connectivity index (χ0) is 13.7. The van der Waals surface area contributed by atoms with Gasteiger partial charge in [-0.25, -0.2) is 5.43 Å². The molecule has 3 N–H and O–H groups in total. The number of rotatable bonds is 5. The van der Waals surface area contributed by atoms with E-state index in [9.17, 15) is 14.4 Å².